The van der Waals surface area contributed by atoms with Crippen molar-refractivity contribution in [3.8, 4) is 5.75 Å². The van der Waals surface area contributed by atoms with Crippen molar-refractivity contribution in [3.05, 3.63) is 54.2 Å². The summed E-state index contributed by atoms with van der Waals surface area (Å²) in [6, 6.07) is 7.08. The fourth-order valence-corrected chi connectivity index (χ4v) is 2.13. The lowest BCUT2D eigenvalue weighted by molar-refractivity contribution is 0.0693. The van der Waals surface area contributed by atoms with E-state index in [1.807, 2.05) is 17.7 Å². The molecule has 106 valence electrons. The van der Waals surface area contributed by atoms with Gasteiger partial charge in [0.2, 0.25) is 0 Å². The van der Waals surface area contributed by atoms with Gasteiger partial charge in [0.1, 0.15) is 18.0 Å². The molecule has 0 amide bonds. The third-order valence-corrected chi connectivity index (χ3v) is 3.23. The Balaban J connectivity index is 2.00. The topological polar surface area (TPSA) is 77.2 Å². The van der Waals surface area contributed by atoms with E-state index in [-0.39, 0.29) is 17.9 Å². The average Bonchev–Trinajstić information content (AvgIpc) is 2.89. The first-order valence-electron chi connectivity index (χ1n) is 6.37. The predicted octanol–water partition coefficient (Wildman–Crippen LogP) is 2.25. The highest BCUT2D eigenvalue weighted by atomic mass is 16.5. The maximum absolute atomic E-state index is 11.5. The molecule has 0 fully saturated rings. The van der Waals surface area contributed by atoms with Crippen molar-refractivity contribution in [2.24, 2.45) is 7.05 Å². The number of hydrogen-bond donors (Lipinski definition) is 1. The van der Waals surface area contributed by atoms with Crippen molar-refractivity contribution in [1.82, 2.24) is 14.5 Å². The number of carboxylic acid groups (broad SMARTS) is 1. The number of fused-ring (bicyclic) bond motifs is 1. The van der Waals surface area contributed by atoms with E-state index >= 15 is 0 Å². The Kier molecular flexibility index (Phi) is 3.27. The molecule has 0 atom stereocenters. The number of para-hydroxylation sites is 1. The fraction of sp³-hybridized carbons (Fsp3) is 0.133. The normalized spacial score (nSPS) is 10.7. The quantitative estimate of drug-likeness (QED) is 0.794. The molecule has 0 radical (unpaired) electrons. The number of aromatic nitrogens is 3. The standard InChI is InChI=1S/C15H13N3O3/c1-18-7-6-16-13(18)9-21-12-8-17-11-5-3-2-4-10(11)14(12)15(19)20/h2-8H,9H2,1H3,(H,19,20). The summed E-state index contributed by atoms with van der Waals surface area (Å²) in [7, 11) is 1.85. The van der Waals surface area contributed by atoms with Crippen molar-refractivity contribution in [2.75, 3.05) is 0 Å². The molecule has 0 aliphatic rings. The van der Waals surface area contributed by atoms with E-state index in [1.54, 1.807) is 30.6 Å². The van der Waals surface area contributed by atoms with Crippen molar-refractivity contribution in [2.45, 2.75) is 6.61 Å². The Hall–Kier alpha value is -2.89. The minimum absolute atomic E-state index is 0.120. The largest absolute Gasteiger partial charge is 0.483 e. The number of hydrogen-bond acceptors (Lipinski definition) is 4. The molecule has 0 saturated carbocycles. The molecular formula is C15H13N3O3. The second-order valence-electron chi connectivity index (χ2n) is 4.56. The molecule has 0 unspecified atom stereocenters. The van der Waals surface area contributed by atoms with Crippen molar-refractivity contribution in [1.29, 1.82) is 0 Å². The second kappa shape index (κ2) is 5.24. The van der Waals surface area contributed by atoms with Gasteiger partial charge in [0, 0.05) is 24.8 Å². The average molecular weight is 283 g/mol. The van der Waals surface area contributed by atoms with Crippen LogP contribution in [0.5, 0.6) is 5.75 Å². The Morgan fingerprint density at radius 2 is 2.14 bits per heavy atom. The smallest absolute Gasteiger partial charge is 0.340 e. The maximum atomic E-state index is 11.5. The highest BCUT2D eigenvalue weighted by Crippen LogP contribution is 2.26. The number of carbonyl (C=O) groups is 1. The van der Waals surface area contributed by atoms with Gasteiger partial charge >= 0.3 is 5.97 Å². The Morgan fingerprint density at radius 1 is 1.33 bits per heavy atom. The van der Waals surface area contributed by atoms with Gasteiger partial charge in [0.25, 0.3) is 0 Å². The van der Waals surface area contributed by atoms with E-state index in [0.29, 0.717) is 16.7 Å². The number of benzene rings is 1. The lowest BCUT2D eigenvalue weighted by atomic mass is 10.1. The summed E-state index contributed by atoms with van der Waals surface area (Å²) in [6.07, 6.45) is 4.90. The van der Waals surface area contributed by atoms with Crippen LogP contribution in [0.4, 0.5) is 0 Å². The third-order valence-electron chi connectivity index (χ3n) is 3.23. The van der Waals surface area contributed by atoms with Gasteiger partial charge in [-0.15, -0.1) is 0 Å². The minimum atomic E-state index is -1.04. The Morgan fingerprint density at radius 3 is 2.86 bits per heavy atom. The first-order valence-corrected chi connectivity index (χ1v) is 6.37. The summed E-state index contributed by atoms with van der Waals surface area (Å²) in [4.78, 5) is 19.9. The summed E-state index contributed by atoms with van der Waals surface area (Å²) in [5.41, 5.74) is 0.744. The zero-order chi connectivity index (χ0) is 14.8. The van der Waals surface area contributed by atoms with E-state index in [0.717, 1.165) is 0 Å². The number of pyridine rings is 1. The predicted molar refractivity (Wildman–Crippen MR) is 76.2 cm³/mol. The zero-order valence-electron chi connectivity index (χ0n) is 11.4. The van der Waals surface area contributed by atoms with Crippen LogP contribution in [0.15, 0.2) is 42.9 Å². The van der Waals surface area contributed by atoms with E-state index < -0.39 is 5.97 Å². The number of nitrogens with zero attached hydrogens (tertiary/aromatic N) is 3. The van der Waals surface area contributed by atoms with Crippen LogP contribution in [0.25, 0.3) is 10.9 Å². The first kappa shape index (κ1) is 13.1. The lowest BCUT2D eigenvalue weighted by Gasteiger charge is -2.10. The van der Waals surface area contributed by atoms with Crippen LogP contribution >= 0.6 is 0 Å². The number of imidazole rings is 1. The van der Waals surface area contributed by atoms with Gasteiger partial charge in [-0.25, -0.2) is 9.78 Å². The van der Waals surface area contributed by atoms with E-state index in [2.05, 4.69) is 9.97 Å². The molecular weight excluding hydrogens is 270 g/mol. The fourth-order valence-electron chi connectivity index (χ4n) is 2.13. The molecule has 0 spiro atoms. The molecule has 2 heterocycles. The molecule has 0 saturated heterocycles. The highest BCUT2D eigenvalue weighted by Gasteiger charge is 2.17. The van der Waals surface area contributed by atoms with Crippen LogP contribution < -0.4 is 4.74 Å². The molecule has 3 aromatic rings. The molecule has 0 aliphatic carbocycles. The number of aromatic carboxylic acids is 1. The molecule has 1 N–H and O–H groups in total. The first-order chi connectivity index (χ1) is 10.2. The van der Waals surface area contributed by atoms with Crippen LogP contribution in [0.3, 0.4) is 0 Å². The minimum Gasteiger partial charge on any atom is -0.483 e. The summed E-state index contributed by atoms with van der Waals surface area (Å²) < 4.78 is 7.42. The highest BCUT2D eigenvalue weighted by molar-refractivity contribution is 6.04. The molecule has 1 aromatic carbocycles. The van der Waals surface area contributed by atoms with Gasteiger partial charge in [-0.2, -0.15) is 0 Å². The maximum Gasteiger partial charge on any atom is 0.340 e. The van der Waals surface area contributed by atoms with Crippen LogP contribution in [-0.2, 0) is 13.7 Å². The van der Waals surface area contributed by atoms with Crippen LogP contribution in [0.2, 0.25) is 0 Å². The van der Waals surface area contributed by atoms with Crippen LogP contribution in [-0.4, -0.2) is 25.6 Å². The molecule has 2 aromatic heterocycles. The van der Waals surface area contributed by atoms with Gasteiger partial charge in [0.05, 0.1) is 11.7 Å². The number of aryl methyl sites for hydroxylation is 1. The van der Waals surface area contributed by atoms with E-state index in [9.17, 15) is 9.90 Å². The van der Waals surface area contributed by atoms with Gasteiger partial charge in [-0.05, 0) is 6.07 Å². The zero-order valence-corrected chi connectivity index (χ0v) is 11.4. The van der Waals surface area contributed by atoms with E-state index in [4.69, 9.17) is 4.74 Å². The van der Waals surface area contributed by atoms with Crippen LogP contribution in [0.1, 0.15) is 16.2 Å². The number of carboxylic acids is 1. The van der Waals surface area contributed by atoms with Crippen molar-refractivity contribution >= 4 is 16.9 Å². The van der Waals surface area contributed by atoms with Crippen molar-refractivity contribution < 1.29 is 14.6 Å². The number of rotatable bonds is 4. The van der Waals surface area contributed by atoms with Gasteiger partial charge in [-0.3, -0.25) is 4.98 Å². The van der Waals surface area contributed by atoms with Gasteiger partial charge in [-0.1, -0.05) is 18.2 Å². The lowest BCUT2D eigenvalue weighted by Crippen LogP contribution is -2.08. The Labute approximate surface area is 120 Å². The van der Waals surface area contributed by atoms with Crippen LogP contribution in [0, 0.1) is 0 Å². The summed E-state index contributed by atoms with van der Waals surface area (Å²) in [6.45, 7) is 0.184. The van der Waals surface area contributed by atoms with Gasteiger partial charge in [0.15, 0.2) is 5.75 Å². The molecule has 6 heteroatoms. The summed E-state index contributed by atoms with van der Waals surface area (Å²) >= 11 is 0. The summed E-state index contributed by atoms with van der Waals surface area (Å²) in [5.74, 6) is -0.0906. The van der Waals surface area contributed by atoms with Gasteiger partial charge < -0.3 is 14.4 Å². The molecule has 0 aliphatic heterocycles. The number of ether oxygens (including phenoxy) is 1. The SMILES string of the molecule is Cn1ccnc1COc1cnc2ccccc2c1C(=O)O. The third kappa shape index (κ3) is 2.43. The molecule has 21 heavy (non-hydrogen) atoms. The molecule has 0 bridgehead atoms. The van der Waals surface area contributed by atoms with E-state index in [1.165, 1.54) is 6.20 Å². The summed E-state index contributed by atoms with van der Waals surface area (Å²) in [5, 5.41) is 10.0. The molecule has 3 rings (SSSR count). The van der Waals surface area contributed by atoms with Crippen molar-refractivity contribution in [3.63, 3.8) is 0 Å². The second-order valence-corrected chi connectivity index (χ2v) is 4.56. The molecule has 6 nitrogen and oxygen atoms in total. The monoisotopic (exact) mass is 283 g/mol. The Bertz CT molecular complexity index is 811.